The molecule has 1 aromatic heterocycles. The monoisotopic (exact) mass is 262 g/mol. The van der Waals surface area contributed by atoms with E-state index in [4.69, 9.17) is 0 Å². The highest BCUT2D eigenvalue weighted by Crippen LogP contribution is 2.53. The average molecular weight is 263 g/mol. The lowest BCUT2D eigenvalue weighted by Crippen LogP contribution is -1.84. The molecule has 3 rings (SSSR count). The molecule has 0 radical (unpaired) electrons. The zero-order chi connectivity index (χ0) is 10.3. The molecule has 0 saturated heterocycles. The van der Waals surface area contributed by atoms with Gasteiger partial charge in [0.2, 0.25) is 0 Å². The Kier molecular flexibility index (Phi) is 2.13. The van der Waals surface area contributed by atoms with Gasteiger partial charge in [-0.05, 0) is 36.1 Å². The number of benzene rings is 1. The number of aromatic amines is 1. The second-order valence-corrected chi connectivity index (χ2v) is 4.93. The van der Waals surface area contributed by atoms with Gasteiger partial charge >= 0.3 is 0 Å². The predicted molar refractivity (Wildman–Crippen MR) is 62.8 cm³/mol. The van der Waals surface area contributed by atoms with Gasteiger partial charge in [-0.1, -0.05) is 28.1 Å². The zero-order valence-corrected chi connectivity index (χ0v) is 9.74. The maximum absolute atomic E-state index is 3.99. The van der Waals surface area contributed by atoms with Crippen molar-refractivity contribution >= 4 is 15.9 Å². The van der Waals surface area contributed by atoms with Crippen LogP contribution >= 0.6 is 15.9 Å². The molecule has 0 spiro atoms. The number of nitrogens with zero attached hydrogens (tertiary/aromatic N) is 1. The summed E-state index contributed by atoms with van der Waals surface area (Å²) in [5.74, 6) is 1.33. The second-order valence-electron chi connectivity index (χ2n) is 4.01. The summed E-state index contributed by atoms with van der Waals surface area (Å²) in [6.07, 6.45) is 3.07. The molecule has 15 heavy (non-hydrogen) atoms. The van der Waals surface area contributed by atoms with Crippen LogP contribution in [0.15, 0.2) is 41.0 Å². The van der Waals surface area contributed by atoms with E-state index in [2.05, 4.69) is 56.5 Å². The summed E-state index contributed by atoms with van der Waals surface area (Å²) >= 11 is 3.45. The minimum atomic E-state index is 0.647. The number of nitrogens with one attached hydrogen (secondary N) is 1. The van der Waals surface area contributed by atoms with Gasteiger partial charge in [0.05, 0.1) is 0 Å². The number of hydrogen-bond donors (Lipinski definition) is 1. The quantitative estimate of drug-likeness (QED) is 0.883. The van der Waals surface area contributed by atoms with Gasteiger partial charge in [0, 0.05) is 22.3 Å². The Bertz CT molecular complexity index is 447. The Morgan fingerprint density at radius 1 is 1.13 bits per heavy atom. The third kappa shape index (κ3) is 1.72. The van der Waals surface area contributed by atoms with Crippen molar-refractivity contribution in [2.45, 2.75) is 18.3 Å². The fourth-order valence-corrected chi connectivity index (χ4v) is 2.35. The Morgan fingerprint density at radius 2 is 1.93 bits per heavy atom. The van der Waals surface area contributed by atoms with Crippen molar-refractivity contribution in [3.8, 4) is 0 Å². The van der Waals surface area contributed by atoms with Crippen molar-refractivity contribution in [2.24, 2.45) is 0 Å². The molecule has 1 aliphatic carbocycles. The molecular formula is C12H11BrN2. The van der Waals surface area contributed by atoms with Crippen LogP contribution in [0.4, 0.5) is 0 Å². The molecule has 76 valence electrons. The van der Waals surface area contributed by atoms with Gasteiger partial charge in [-0.15, -0.1) is 0 Å². The Balaban J connectivity index is 1.79. The van der Waals surface area contributed by atoms with E-state index in [0.29, 0.717) is 11.8 Å². The molecule has 2 unspecified atom stereocenters. The van der Waals surface area contributed by atoms with Gasteiger partial charge in [0.1, 0.15) is 0 Å². The van der Waals surface area contributed by atoms with Crippen LogP contribution in [0.1, 0.15) is 29.5 Å². The molecule has 3 heteroatoms. The maximum Gasteiger partial charge on any atom is 0.0490 e. The molecule has 1 fully saturated rings. The van der Waals surface area contributed by atoms with E-state index in [1.54, 1.807) is 0 Å². The summed E-state index contributed by atoms with van der Waals surface area (Å²) in [4.78, 5) is 0. The lowest BCUT2D eigenvalue weighted by atomic mass is 10.1. The number of halogens is 1. The second kappa shape index (κ2) is 3.49. The molecule has 1 aliphatic rings. The zero-order valence-electron chi connectivity index (χ0n) is 8.15. The number of hydrogen-bond acceptors (Lipinski definition) is 1. The first-order chi connectivity index (χ1) is 7.34. The van der Waals surface area contributed by atoms with Crippen LogP contribution in [0.25, 0.3) is 0 Å². The first-order valence-corrected chi connectivity index (χ1v) is 5.88. The minimum absolute atomic E-state index is 0.647. The summed E-state index contributed by atoms with van der Waals surface area (Å²) < 4.78 is 1.14. The van der Waals surface area contributed by atoms with Crippen molar-refractivity contribution in [3.63, 3.8) is 0 Å². The van der Waals surface area contributed by atoms with Crippen molar-refractivity contribution in [3.05, 3.63) is 52.3 Å². The summed E-state index contributed by atoms with van der Waals surface area (Å²) in [6, 6.07) is 10.7. The van der Waals surface area contributed by atoms with E-state index in [-0.39, 0.29) is 0 Å². The van der Waals surface area contributed by atoms with Crippen molar-refractivity contribution in [2.75, 3.05) is 0 Å². The van der Waals surface area contributed by atoms with Gasteiger partial charge in [-0.2, -0.15) is 5.10 Å². The van der Waals surface area contributed by atoms with E-state index in [1.807, 2.05) is 6.20 Å². The Labute approximate surface area is 96.8 Å². The first kappa shape index (κ1) is 9.16. The van der Waals surface area contributed by atoms with Crippen LogP contribution in [0.3, 0.4) is 0 Å². The molecular weight excluding hydrogens is 252 g/mol. The summed E-state index contributed by atoms with van der Waals surface area (Å²) in [7, 11) is 0. The van der Waals surface area contributed by atoms with Crippen LogP contribution in [-0.2, 0) is 0 Å². The van der Waals surface area contributed by atoms with Crippen LogP contribution in [-0.4, -0.2) is 10.2 Å². The van der Waals surface area contributed by atoms with Crippen molar-refractivity contribution < 1.29 is 0 Å². The molecule has 0 aliphatic heterocycles. The minimum Gasteiger partial charge on any atom is -0.282 e. The molecule has 0 bridgehead atoms. The fraction of sp³-hybridized carbons (Fsp3) is 0.250. The SMILES string of the molecule is Brc1ccc(C2CC2c2ccn[nH]2)cc1. The lowest BCUT2D eigenvalue weighted by molar-refractivity contribution is 0.932. The molecule has 2 aromatic rings. The fourth-order valence-electron chi connectivity index (χ4n) is 2.09. The van der Waals surface area contributed by atoms with Gasteiger partial charge < -0.3 is 0 Å². The summed E-state index contributed by atoms with van der Waals surface area (Å²) in [6.45, 7) is 0. The lowest BCUT2D eigenvalue weighted by Gasteiger charge is -1.99. The third-order valence-corrected chi connectivity index (χ3v) is 3.54. The van der Waals surface area contributed by atoms with Crippen LogP contribution in [0.2, 0.25) is 0 Å². The number of rotatable bonds is 2. The largest absolute Gasteiger partial charge is 0.282 e. The van der Waals surface area contributed by atoms with E-state index in [1.165, 1.54) is 17.7 Å². The van der Waals surface area contributed by atoms with Crippen molar-refractivity contribution in [1.82, 2.24) is 10.2 Å². The highest BCUT2D eigenvalue weighted by molar-refractivity contribution is 9.10. The Morgan fingerprint density at radius 3 is 2.60 bits per heavy atom. The van der Waals surface area contributed by atoms with E-state index in [0.717, 1.165) is 4.47 Å². The van der Waals surface area contributed by atoms with Crippen LogP contribution < -0.4 is 0 Å². The molecule has 2 atom stereocenters. The predicted octanol–water partition coefficient (Wildman–Crippen LogP) is 3.44. The summed E-state index contributed by atoms with van der Waals surface area (Å²) in [5, 5.41) is 7.04. The van der Waals surface area contributed by atoms with Gasteiger partial charge in [-0.3, -0.25) is 5.10 Å². The Hall–Kier alpha value is -1.09. The molecule has 1 aromatic carbocycles. The third-order valence-electron chi connectivity index (χ3n) is 3.01. The molecule has 0 amide bonds. The standard InChI is InChI=1S/C12H11BrN2/c13-9-3-1-8(2-4-9)10-7-11(10)12-5-6-14-15-12/h1-6,10-11H,7H2,(H,14,15). The van der Waals surface area contributed by atoms with Crippen LogP contribution in [0.5, 0.6) is 0 Å². The van der Waals surface area contributed by atoms with E-state index >= 15 is 0 Å². The molecule has 1 saturated carbocycles. The highest BCUT2D eigenvalue weighted by Gasteiger charge is 2.40. The van der Waals surface area contributed by atoms with Gasteiger partial charge in [0.25, 0.3) is 0 Å². The summed E-state index contributed by atoms with van der Waals surface area (Å²) in [5.41, 5.74) is 2.70. The maximum atomic E-state index is 3.99. The van der Waals surface area contributed by atoms with E-state index in [9.17, 15) is 0 Å². The average Bonchev–Trinajstić information content (AvgIpc) is 2.87. The highest BCUT2D eigenvalue weighted by atomic mass is 79.9. The number of H-pyrrole nitrogens is 1. The van der Waals surface area contributed by atoms with E-state index < -0.39 is 0 Å². The van der Waals surface area contributed by atoms with Crippen LogP contribution in [0, 0.1) is 0 Å². The number of aromatic nitrogens is 2. The first-order valence-electron chi connectivity index (χ1n) is 5.09. The van der Waals surface area contributed by atoms with Crippen molar-refractivity contribution in [1.29, 1.82) is 0 Å². The normalized spacial score (nSPS) is 24.1. The van der Waals surface area contributed by atoms with Gasteiger partial charge in [0.15, 0.2) is 0 Å². The smallest absolute Gasteiger partial charge is 0.0490 e. The molecule has 1 heterocycles. The molecule has 1 N–H and O–H groups in total. The topological polar surface area (TPSA) is 28.7 Å². The van der Waals surface area contributed by atoms with Gasteiger partial charge in [-0.25, -0.2) is 0 Å². The molecule has 2 nitrogen and oxygen atoms in total.